The minimum absolute atomic E-state index is 0.105. The molecular formula is C16H15ClN2O. The molecule has 0 amide bonds. The molecule has 0 aliphatic carbocycles. The summed E-state index contributed by atoms with van der Waals surface area (Å²) < 4.78 is 0. The fourth-order valence-electron chi connectivity index (χ4n) is 1.78. The molecule has 0 saturated heterocycles. The lowest BCUT2D eigenvalue weighted by atomic mass is 10.1. The largest absolute Gasteiger partial charge is 0.289 e. The monoisotopic (exact) mass is 286 g/mol. The van der Waals surface area contributed by atoms with Crippen LogP contribution in [-0.2, 0) is 0 Å². The maximum absolute atomic E-state index is 12.0. The molecule has 4 heteroatoms. The SMILES string of the molecule is Cc1nc(C)c(/C=C/C(=O)c2cccc(Cl)c2)nc1C. The Morgan fingerprint density at radius 2 is 1.80 bits per heavy atom. The zero-order valence-electron chi connectivity index (χ0n) is 11.6. The van der Waals surface area contributed by atoms with Crippen LogP contribution in [0.3, 0.4) is 0 Å². The van der Waals surface area contributed by atoms with E-state index in [1.807, 2.05) is 20.8 Å². The minimum Gasteiger partial charge on any atom is -0.289 e. The van der Waals surface area contributed by atoms with Gasteiger partial charge in [0.1, 0.15) is 0 Å². The molecule has 0 spiro atoms. The van der Waals surface area contributed by atoms with Gasteiger partial charge in [0.05, 0.1) is 22.8 Å². The molecule has 2 aromatic rings. The van der Waals surface area contributed by atoms with Gasteiger partial charge in [-0.15, -0.1) is 0 Å². The highest BCUT2D eigenvalue weighted by molar-refractivity contribution is 6.31. The summed E-state index contributed by atoms with van der Waals surface area (Å²) in [5, 5.41) is 0.548. The topological polar surface area (TPSA) is 42.9 Å². The lowest BCUT2D eigenvalue weighted by Gasteiger charge is -2.03. The molecule has 0 radical (unpaired) electrons. The second kappa shape index (κ2) is 5.97. The number of carbonyl (C=O) groups is 1. The molecule has 0 N–H and O–H groups in total. The van der Waals surface area contributed by atoms with Crippen molar-refractivity contribution < 1.29 is 4.79 Å². The molecule has 0 atom stereocenters. The fourth-order valence-corrected chi connectivity index (χ4v) is 1.97. The highest BCUT2D eigenvalue weighted by Crippen LogP contribution is 2.13. The minimum atomic E-state index is -0.105. The molecular weight excluding hydrogens is 272 g/mol. The summed E-state index contributed by atoms with van der Waals surface area (Å²) in [6, 6.07) is 6.87. The Morgan fingerprint density at radius 1 is 1.10 bits per heavy atom. The summed E-state index contributed by atoms with van der Waals surface area (Å²) >= 11 is 5.87. The number of halogens is 1. The number of hydrogen-bond donors (Lipinski definition) is 0. The van der Waals surface area contributed by atoms with Crippen LogP contribution in [0.2, 0.25) is 5.02 Å². The smallest absolute Gasteiger partial charge is 0.185 e. The quantitative estimate of drug-likeness (QED) is 0.634. The van der Waals surface area contributed by atoms with Crippen LogP contribution in [0.4, 0.5) is 0 Å². The average Bonchev–Trinajstić information content (AvgIpc) is 2.41. The predicted molar refractivity (Wildman–Crippen MR) is 81.1 cm³/mol. The highest BCUT2D eigenvalue weighted by atomic mass is 35.5. The molecule has 1 aromatic heterocycles. The van der Waals surface area contributed by atoms with Crippen molar-refractivity contribution in [3.8, 4) is 0 Å². The molecule has 0 bridgehead atoms. The molecule has 2 rings (SSSR count). The van der Waals surface area contributed by atoms with Crippen molar-refractivity contribution in [2.45, 2.75) is 20.8 Å². The van der Waals surface area contributed by atoms with E-state index in [1.54, 1.807) is 30.3 Å². The number of allylic oxidation sites excluding steroid dienone is 1. The Labute approximate surface area is 123 Å². The van der Waals surface area contributed by atoms with Crippen molar-refractivity contribution >= 4 is 23.5 Å². The van der Waals surface area contributed by atoms with Gasteiger partial charge in [0, 0.05) is 10.6 Å². The first-order valence-corrected chi connectivity index (χ1v) is 6.65. The summed E-state index contributed by atoms with van der Waals surface area (Å²) in [6.45, 7) is 5.70. The molecule has 3 nitrogen and oxygen atoms in total. The van der Waals surface area contributed by atoms with Crippen molar-refractivity contribution in [2.24, 2.45) is 0 Å². The van der Waals surface area contributed by atoms with E-state index in [0.717, 1.165) is 17.1 Å². The lowest BCUT2D eigenvalue weighted by molar-refractivity contribution is 0.104. The van der Waals surface area contributed by atoms with E-state index in [0.29, 0.717) is 16.3 Å². The van der Waals surface area contributed by atoms with Crippen LogP contribution in [0.5, 0.6) is 0 Å². The number of carbonyl (C=O) groups excluding carboxylic acids is 1. The van der Waals surface area contributed by atoms with E-state index in [4.69, 9.17) is 11.6 Å². The number of ketones is 1. The molecule has 1 heterocycles. The van der Waals surface area contributed by atoms with Crippen LogP contribution in [0.1, 0.15) is 33.1 Å². The molecule has 102 valence electrons. The van der Waals surface area contributed by atoms with Gasteiger partial charge in [-0.05, 0) is 45.1 Å². The van der Waals surface area contributed by atoms with Crippen LogP contribution in [0.15, 0.2) is 30.3 Å². The average molecular weight is 287 g/mol. The van der Waals surface area contributed by atoms with Crippen molar-refractivity contribution in [2.75, 3.05) is 0 Å². The number of rotatable bonds is 3. The van der Waals surface area contributed by atoms with E-state index in [1.165, 1.54) is 6.08 Å². The van der Waals surface area contributed by atoms with E-state index >= 15 is 0 Å². The second-order valence-electron chi connectivity index (χ2n) is 4.57. The van der Waals surface area contributed by atoms with Crippen LogP contribution in [0.25, 0.3) is 6.08 Å². The van der Waals surface area contributed by atoms with Crippen molar-refractivity contribution in [1.29, 1.82) is 0 Å². The Balaban J connectivity index is 2.26. The maximum atomic E-state index is 12.0. The van der Waals surface area contributed by atoms with Gasteiger partial charge in [-0.3, -0.25) is 9.78 Å². The number of benzene rings is 1. The summed E-state index contributed by atoms with van der Waals surface area (Å²) in [7, 11) is 0. The zero-order chi connectivity index (χ0) is 14.7. The van der Waals surface area contributed by atoms with Crippen LogP contribution < -0.4 is 0 Å². The van der Waals surface area contributed by atoms with Crippen LogP contribution in [0, 0.1) is 20.8 Å². The summed E-state index contributed by atoms with van der Waals surface area (Å²) in [5.74, 6) is -0.105. The second-order valence-corrected chi connectivity index (χ2v) is 5.01. The summed E-state index contributed by atoms with van der Waals surface area (Å²) in [4.78, 5) is 20.9. The molecule has 0 aliphatic rings. The molecule has 1 aromatic carbocycles. The summed E-state index contributed by atoms with van der Waals surface area (Å²) in [5.41, 5.74) is 3.85. The third-order valence-electron chi connectivity index (χ3n) is 3.02. The molecule has 20 heavy (non-hydrogen) atoms. The zero-order valence-corrected chi connectivity index (χ0v) is 12.4. The van der Waals surface area contributed by atoms with E-state index < -0.39 is 0 Å². The van der Waals surface area contributed by atoms with Gasteiger partial charge < -0.3 is 0 Å². The third kappa shape index (κ3) is 3.31. The van der Waals surface area contributed by atoms with Gasteiger partial charge in [0.25, 0.3) is 0 Å². The van der Waals surface area contributed by atoms with E-state index in [9.17, 15) is 4.79 Å². The Kier molecular flexibility index (Phi) is 4.30. The fraction of sp³-hybridized carbons (Fsp3) is 0.188. The predicted octanol–water partition coefficient (Wildman–Crippen LogP) is 3.95. The lowest BCUT2D eigenvalue weighted by Crippen LogP contribution is -1.99. The van der Waals surface area contributed by atoms with Crippen molar-refractivity contribution in [1.82, 2.24) is 9.97 Å². The van der Waals surface area contributed by atoms with Crippen molar-refractivity contribution in [3.05, 3.63) is 63.7 Å². The molecule has 0 saturated carbocycles. The number of aromatic nitrogens is 2. The molecule has 0 unspecified atom stereocenters. The first kappa shape index (κ1) is 14.4. The Hall–Kier alpha value is -2.00. The molecule has 0 aliphatic heterocycles. The highest BCUT2D eigenvalue weighted by Gasteiger charge is 2.05. The van der Waals surface area contributed by atoms with E-state index in [-0.39, 0.29) is 5.78 Å². The van der Waals surface area contributed by atoms with Gasteiger partial charge in [-0.1, -0.05) is 23.7 Å². The van der Waals surface area contributed by atoms with Crippen LogP contribution >= 0.6 is 11.6 Å². The van der Waals surface area contributed by atoms with Gasteiger partial charge in [-0.25, -0.2) is 4.98 Å². The summed E-state index contributed by atoms with van der Waals surface area (Å²) in [6.07, 6.45) is 3.19. The number of nitrogens with zero attached hydrogens (tertiary/aromatic N) is 2. The standard InChI is InChI=1S/C16H15ClN2O/c1-10-11(2)19-15(12(3)18-10)7-8-16(20)13-5-4-6-14(17)9-13/h4-9H,1-3H3/b8-7+. The third-order valence-corrected chi connectivity index (χ3v) is 3.25. The first-order valence-electron chi connectivity index (χ1n) is 6.27. The number of hydrogen-bond acceptors (Lipinski definition) is 3. The van der Waals surface area contributed by atoms with Gasteiger partial charge in [0.15, 0.2) is 5.78 Å². The maximum Gasteiger partial charge on any atom is 0.185 e. The molecule has 0 fully saturated rings. The van der Waals surface area contributed by atoms with Crippen molar-refractivity contribution in [3.63, 3.8) is 0 Å². The number of aryl methyl sites for hydroxylation is 3. The van der Waals surface area contributed by atoms with Gasteiger partial charge >= 0.3 is 0 Å². The van der Waals surface area contributed by atoms with Gasteiger partial charge in [0.2, 0.25) is 0 Å². The Morgan fingerprint density at radius 3 is 2.50 bits per heavy atom. The normalized spacial score (nSPS) is 11.0. The van der Waals surface area contributed by atoms with Crippen LogP contribution in [-0.4, -0.2) is 15.8 Å². The van der Waals surface area contributed by atoms with E-state index in [2.05, 4.69) is 9.97 Å². The first-order chi connectivity index (χ1) is 9.47. The Bertz CT molecular complexity index is 693. The van der Waals surface area contributed by atoms with Gasteiger partial charge in [-0.2, -0.15) is 0 Å².